The lowest BCUT2D eigenvalue weighted by molar-refractivity contribution is -0.141. The number of aliphatic hydroxyl groups excluding tert-OH is 1. The van der Waals surface area contributed by atoms with E-state index in [2.05, 4.69) is 11.9 Å². The van der Waals surface area contributed by atoms with Crippen LogP contribution in [0.15, 0.2) is 35.2 Å². The number of aromatic nitrogens is 1. The number of nitrogens with zero attached hydrogens (tertiary/aromatic N) is 1. The van der Waals surface area contributed by atoms with Crippen molar-refractivity contribution >= 4 is 29.9 Å². The first-order chi connectivity index (χ1) is 14.3. The Morgan fingerprint density at radius 1 is 1.20 bits per heavy atom. The first-order valence-electron chi connectivity index (χ1n) is 10.1. The second-order valence-electron chi connectivity index (χ2n) is 7.66. The number of carbonyl (C=O) groups is 3. The van der Waals surface area contributed by atoms with Crippen LogP contribution in [0.25, 0.3) is 12.2 Å². The van der Waals surface area contributed by atoms with Gasteiger partial charge in [-0.25, -0.2) is 9.59 Å². The number of rotatable bonds is 8. The standard InChI is InChI=1S/C23H25NO6/c1-3-4-5-6-7-8-18(25)20-17-12-14-11-15(9-10-19(26)27)24-13-16(14)21(28)23(17,2)30-22(20)29/h9-13,25H,3-8H2,1-2H3,(H,26,27)/b10-9-,20-18+. The van der Waals surface area contributed by atoms with Crippen molar-refractivity contribution in [1.82, 2.24) is 4.98 Å². The van der Waals surface area contributed by atoms with Crippen LogP contribution in [0.5, 0.6) is 0 Å². The van der Waals surface area contributed by atoms with Gasteiger partial charge in [-0.15, -0.1) is 0 Å². The molecular formula is C23H25NO6. The summed E-state index contributed by atoms with van der Waals surface area (Å²) in [5.41, 5.74) is 0.0125. The molecular weight excluding hydrogens is 386 g/mol. The van der Waals surface area contributed by atoms with Crippen molar-refractivity contribution in [2.24, 2.45) is 0 Å². The van der Waals surface area contributed by atoms with E-state index < -0.39 is 23.3 Å². The first kappa shape index (κ1) is 21.5. The summed E-state index contributed by atoms with van der Waals surface area (Å²) in [4.78, 5) is 40.4. The lowest BCUT2D eigenvalue weighted by Crippen LogP contribution is -2.39. The molecule has 1 atom stereocenters. The van der Waals surface area contributed by atoms with E-state index in [0.717, 1.165) is 38.2 Å². The monoisotopic (exact) mass is 411 g/mol. The Morgan fingerprint density at radius 3 is 2.63 bits per heavy atom. The highest BCUT2D eigenvalue weighted by molar-refractivity contribution is 6.17. The minimum absolute atomic E-state index is 0.0476. The van der Waals surface area contributed by atoms with Crippen LogP contribution in [0.1, 0.15) is 74.0 Å². The Kier molecular flexibility index (Phi) is 6.20. The van der Waals surface area contributed by atoms with Crippen molar-refractivity contribution < 1.29 is 29.3 Å². The third-order valence-corrected chi connectivity index (χ3v) is 5.42. The number of aliphatic carboxylic acids is 1. The number of esters is 1. The number of ether oxygens (including phenoxy) is 1. The summed E-state index contributed by atoms with van der Waals surface area (Å²) in [6, 6.07) is 1.57. The fraction of sp³-hybridized carbons (Fsp3) is 0.391. The zero-order chi connectivity index (χ0) is 21.9. The summed E-state index contributed by atoms with van der Waals surface area (Å²) >= 11 is 0. The second kappa shape index (κ2) is 8.65. The van der Waals surface area contributed by atoms with Gasteiger partial charge < -0.3 is 14.9 Å². The lowest BCUT2D eigenvalue weighted by atomic mass is 9.78. The van der Waals surface area contributed by atoms with Crippen LogP contribution >= 0.6 is 0 Å². The zero-order valence-electron chi connectivity index (χ0n) is 17.1. The van der Waals surface area contributed by atoms with Crippen molar-refractivity contribution in [3.05, 3.63) is 52.1 Å². The smallest absolute Gasteiger partial charge is 0.343 e. The number of hydrogen-bond acceptors (Lipinski definition) is 6. The predicted molar refractivity (Wildman–Crippen MR) is 111 cm³/mol. The van der Waals surface area contributed by atoms with Crippen LogP contribution < -0.4 is 0 Å². The molecule has 0 spiro atoms. The number of unbranched alkanes of at least 4 members (excludes halogenated alkanes) is 4. The topological polar surface area (TPSA) is 114 Å². The molecule has 1 aliphatic heterocycles. The molecule has 7 nitrogen and oxygen atoms in total. The summed E-state index contributed by atoms with van der Waals surface area (Å²) in [7, 11) is 0. The number of Topliss-reactive ketones (excluding diaryl/α,β-unsaturated/α-hetero) is 1. The predicted octanol–water partition coefficient (Wildman–Crippen LogP) is 4.25. The Bertz CT molecular complexity index is 987. The summed E-state index contributed by atoms with van der Waals surface area (Å²) in [6.07, 6.45) is 10.6. The van der Waals surface area contributed by atoms with Gasteiger partial charge in [-0.1, -0.05) is 32.6 Å². The quantitative estimate of drug-likeness (QED) is 0.284. The number of carboxylic acids is 1. The van der Waals surface area contributed by atoms with Crippen molar-refractivity contribution in [2.75, 3.05) is 0 Å². The zero-order valence-corrected chi connectivity index (χ0v) is 17.1. The molecule has 1 fully saturated rings. The molecule has 0 saturated carbocycles. The molecule has 30 heavy (non-hydrogen) atoms. The summed E-state index contributed by atoms with van der Waals surface area (Å²) in [6.45, 7) is 3.64. The molecule has 0 bridgehead atoms. The Labute approximate surface area is 174 Å². The molecule has 1 aliphatic carbocycles. The molecule has 2 aliphatic rings. The van der Waals surface area contributed by atoms with E-state index in [9.17, 15) is 19.5 Å². The fourth-order valence-corrected chi connectivity index (χ4v) is 3.77. The van der Waals surface area contributed by atoms with Crippen LogP contribution in [-0.4, -0.2) is 38.5 Å². The van der Waals surface area contributed by atoms with Gasteiger partial charge in [0.25, 0.3) is 0 Å². The van der Waals surface area contributed by atoms with Gasteiger partial charge in [-0.2, -0.15) is 0 Å². The van der Waals surface area contributed by atoms with Crippen LogP contribution in [0.3, 0.4) is 0 Å². The van der Waals surface area contributed by atoms with Gasteiger partial charge in [0.2, 0.25) is 5.78 Å². The molecule has 0 amide bonds. The molecule has 2 N–H and O–H groups in total. The van der Waals surface area contributed by atoms with Crippen LogP contribution in [0.4, 0.5) is 0 Å². The highest BCUT2D eigenvalue weighted by Gasteiger charge is 2.54. The normalized spacial score (nSPS) is 21.9. The Balaban J connectivity index is 1.96. The molecule has 1 aromatic rings. The van der Waals surface area contributed by atoms with Gasteiger partial charge in [-0.3, -0.25) is 9.78 Å². The molecule has 2 heterocycles. The molecule has 0 aromatic carbocycles. The van der Waals surface area contributed by atoms with Gasteiger partial charge in [0, 0.05) is 29.8 Å². The van der Waals surface area contributed by atoms with Crippen LogP contribution in [0.2, 0.25) is 0 Å². The minimum atomic E-state index is -1.50. The largest absolute Gasteiger partial charge is 0.511 e. The summed E-state index contributed by atoms with van der Waals surface area (Å²) < 4.78 is 5.42. The average Bonchev–Trinajstić information content (AvgIpc) is 2.96. The number of aliphatic hydroxyl groups is 1. The van der Waals surface area contributed by atoms with Crippen molar-refractivity contribution in [1.29, 1.82) is 0 Å². The van der Waals surface area contributed by atoms with E-state index in [1.54, 1.807) is 12.1 Å². The van der Waals surface area contributed by atoms with Gasteiger partial charge in [-0.05, 0) is 37.1 Å². The van der Waals surface area contributed by atoms with E-state index in [-0.39, 0.29) is 16.9 Å². The SMILES string of the molecule is CCCCCCC/C(O)=C1\C(=O)OC2(C)C(=O)c3cnc(/C=C\C(=O)O)cc3C=C12. The van der Waals surface area contributed by atoms with E-state index in [4.69, 9.17) is 9.84 Å². The molecule has 0 radical (unpaired) electrons. The molecule has 3 rings (SSSR count). The number of fused-ring (bicyclic) bond motifs is 2. The number of ketones is 1. The average molecular weight is 411 g/mol. The van der Waals surface area contributed by atoms with Gasteiger partial charge in [0.15, 0.2) is 5.60 Å². The maximum Gasteiger partial charge on any atom is 0.343 e. The van der Waals surface area contributed by atoms with Crippen molar-refractivity contribution in [3.8, 4) is 0 Å². The lowest BCUT2D eigenvalue weighted by Gasteiger charge is -2.27. The van der Waals surface area contributed by atoms with Gasteiger partial charge in [0.05, 0.1) is 5.69 Å². The third-order valence-electron chi connectivity index (χ3n) is 5.42. The third kappa shape index (κ3) is 4.06. The molecule has 158 valence electrons. The summed E-state index contributed by atoms with van der Waals surface area (Å²) in [5.74, 6) is -2.31. The van der Waals surface area contributed by atoms with Gasteiger partial charge in [0.1, 0.15) is 11.3 Å². The molecule has 1 unspecified atom stereocenters. The molecule has 1 aromatic heterocycles. The second-order valence-corrected chi connectivity index (χ2v) is 7.66. The van der Waals surface area contributed by atoms with E-state index in [1.807, 2.05) is 0 Å². The number of hydrogen-bond donors (Lipinski definition) is 2. The van der Waals surface area contributed by atoms with Crippen LogP contribution in [0, 0.1) is 0 Å². The number of allylic oxidation sites excluding steroid dienone is 1. The van der Waals surface area contributed by atoms with E-state index in [1.165, 1.54) is 19.2 Å². The van der Waals surface area contributed by atoms with Crippen LogP contribution in [-0.2, 0) is 14.3 Å². The van der Waals surface area contributed by atoms with Gasteiger partial charge >= 0.3 is 11.9 Å². The number of carbonyl (C=O) groups excluding carboxylic acids is 2. The fourth-order valence-electron chi connectivity index (χ4n) is 3.77. The minimum Gasteiger partial charge on any atom is -0.511 e. The summed E-state index contributed by atoms with van der Waals surface area (Å²) in [5, 5.41) is 19.4. The number of carboxylic acid groups (broad SMARTS) is 1. The maximum absolute atomic E-state index is 13.1. The van der Waals surface area contributed by atoms with Crippen molar-refractivity contribution in [3.63, 3.8) is 0 Å². The maximum atomic E-state index is 13.1. The number of pyridine rings is 1. The van der Waals surface area contributed by atoms with E-state index >= 15 is 0 Å². The Hall–Kier alpha value is -3.22. The van der Waals surface area contributed by atoms with E-state index in [0.29, 0.717) is 23.3 Å². The Morgan fingerprint density at radius 2 is 1.93 bits per heavy atom. The first-order valence-corrected chi connectivity index (χ1v) is 10.1. The highest BCUT2D eigenvalue weighted by Crippen LogP contribution is 2.45. The molecule has 1 saturated heterocycles. The van der Waals surface area contributed by atoms with Crippen molar-refractivity contribution in [2.45, 2.75) is 58.0 Å². The highest BCUT2D eigenvalue weighted by atomic mass is 16.6. The molecule has 7 heteroatoms.